The van der Waals surface area contributed by atoms with E-state index in [1.807, 2.05) is 6.07 Å². The number of aliphatic hydroxyl groups is 1. The molecule has 1 aliphatic rings. The molecule has 3 aromatic carbocycles. The largest absolute Gasteiger partial charge is 0.482 e. The number of ether oxygens (including phenoxy) is 2. The number of nitrogens with one attached hydrogen (secondary N) is 1. The van der Waals surface area contributed by atoms with Crippen LogP contribution >= 0.6 is 11.6 Å². The Balaban J connectivity index is 1.24. The monoisotopic (exact) mass is 571 g/mol. The Morgan fingerprint density at radius 2 is 1.64 bits per heavy atom. The Morgan fingerprint density at radius 3 is 2.31 bits per heavy atom. The molecule has 1 unspecified atom stereocenters. The van der Waals surface area contributed by atoms with Gasteiger partial charge in [0.2, 0.25) is 9.84 Å². The summed E-state index contributed by atoms with van der Waals surface area (Å²) in [4.78, 5) is 12.4. The molecular formula is C30H34ClNO6S. The minimum atomic E-state index is -3.70. The average molecular weight is 572 g/mol. The third-order valence-electron chi connectivity index (χ3n) is 6.74. The van der Waals surface area contributed by atoms with Gasteiger partial charge in [-0.1, -0.05) is 42.3 Å². The number of carbonyl (C=O) groups excluding carboxylic acids is 1. The van der Waals surface area contributed by atoms with Crippen molar-refractivity contribution >= 4 is 27.4 Å². The number of esters is 1. The molecule has 2 N–H and O–H groups in total. The van der Waals surface area contributed by atoms with E-state index in [9.17, 15) is 18.3 Å². The molecule has 39 heavy (non-hydrogen) atoms. The van der Waals surface area contributed by atoms with E-state index >= 15 is 0 Å². The Labute approximate surface area is 235 Å². The van der Waals surface area contributed by atoms with E-state index in [1.165, 1.54) is 18.6 Å². The van der Waals surface area contributed by atoms with Gasteiger partial charge in [0.15, 0.2) is 6.61 Å². The number of sulfone groups is 1. The van der Waals surface area contributed by atoms with Crippen LogP contribution in [0.1, 0.15) is 49.3 Å². The van der Waals surface area contributed by atoms with E-state index in [-0.39, 0.29) is 22.5 Å². The second-order valence-electron chi connectivity index (χ2n) is 9.68. The number of carbonyl (C=O) groups is 1. The Morgan fingerprint density at radius 1 is 0.974 bits per heavy atom. The number of halogens is 1. The lowest BCUT2D eigenvalue weighted by molar-refractivity contribution is -0.152. The Hall–Kier alpha value is -2.91. The summed E-state index contributed by atoms with van der Waals surface area (Å²) in [5.74, 6) is -0.0101. The predicted molar refractivity (Wildman–Crippen MR) is 150 cm³/mol. The van der Waals surface area contributed by atoms with Crippen LogP contribution in [0.15, 0.2) is 82.6 Å². The zero-order chi connectivity index (χ0) is 27.7. The molecule has 0 heterocycles. The lowest BCUT2D eigenvalue weighted by Gasteiger charge is -2.21. The van der Waals surface area contributed by atoms with Gasteiger partial charge >= 0.3 is 5.97 Å². The van der Waals surface area contributed by atoms with Gasteiger partial charge in [-0.15, -0.1) is 0 Å². The molecule has 1 aliphatic carbocycles. The van der Waals surface area contributed by atoms with Crippen molar-refractivity contribution in [1.82, 2.24) is 5.32 Å². The van der Waals surface area contributed by atoms with Crippen LogP contribution in [0.25, 0.3) is 0 Å². The van der Waals surface area contributed by atoms with Crippen LogP contribution in [0.3, 0.4) is 0 Å². The van der Waals surface area contributed by atoms with Crippen molar-refractivity contribution in [1.29, 1.82) is 0 Å². The first-order chi connectivity index (χ1) is 18.8. The molecule has 4 rings (SSSR count). The van der Waals surface area contributed by atoms with Gasteiger partial charge in [0, 0.05) is 11.6 Å². The maximum atomic E-state index is 13.1. The predicted octanol–water partition coefficient (Wildman–Crippen LogP) is 5.29. The summed E-state index contributed by atoms with van der Waals surface area (Å²) >= 11 is 5.98. The van der Waals surface area contributed by atoms with Gasteiger partial charge in [-0.3, -0.25) is 0 Å². The van der Waals surface area contributed by atoms with Crippen molar-refractivity contribution in [3.05, 3.63) is 88.9 Å². The van der Waals surface area contributed by atoms with Crippen LogP contribution in [0.5, 0.6) is 5.75 Å². The third kappa shape index (κ3) is 8.54. The maximum Gasteiger partial charge on any atom is 0.344 e. The molecule has 0 spiro atoms. The highest BCUT2D eigenvalue weighted by atomic mass is 35.5. The molecule has 9 heteroatoms. The van der Waals surface area contributed by atoms with E-state index in [4.69, 9.17) is 21.1 Å². The standard InChI is InChI=1S/C30H34ClNO6S/c31-24-6-4-5-23(19-24)29(33)20-32-18-17-22-9-13-27(14-10-22)39(35,36)28-15-11-25(12-16-28)37-21-30(34)38-26-7-2-1-3-8-26/h4-6,9-16,19,26,29,32-33H,1-3,7-8,17-18,20-21H2. The number of aliphatic hydroxyl groups excluding tert-OH is 1. The molecule has 0 aliphatic heterocycles. The van der Waals surface area contributed by atoms with E-state index in [1.54, 1.807) is 54.6 Å². The fourth-order valence-electron chi connectivity index (χ4n) is 4.53. The smallest absolute Gasteiger partial charge is 0.344 e. The lowest BCUT2D eigenvalue weighted by Crippen LogP contribution is -2.24. The van der Waals surface area contributed by atoms with Crippen LogP contribution in [0.4, 0.5) is 0 Å². The van der Waals surface area contributed by atoms with Crippen LogP contribution in [0.2, 0.25) is 5.02 Å². The second kappa shape index (κ2) is 13.9. The summed E-state index contributed by atoms with van der Waals surface area (Å²) in [7, 11) is -3.70. The summed E-state index contributed by atoms with van der Waals surface area (Å²) < 4.78 is 37.1. The summed E-state index contributed by atoms with van der Waals surface area (Å²) in [5.41, 5.74) is 1.73. The van der Waals surface area contributed by atoms with Gasteiger partial charge in [0.25, 0.3) is 0 Å². The van der Waals surface area contributed by atoms with Gasteiger partial charge in [-0.2, -0.15) is 0 Å². The van der Waals surface area contributed by atoms with Crippen molar-refractivity contribution in [2.45, 2.75) is 60.5 Å². The van der Waals surface area contributed by atoms with Crippen molar-refractivity contribution in [3.8, 4) is 5.75 Å². The van der Waals surface area contributed by atoms with E-state index in [0.717, 1.165) is 36.8 Å². The molecule has 7 nitrogen and oxygen atoms in total. The van der Waals surface area contributed by atoms with Crippen molar-refractivity contribution < 1.29 is 27.8 Å². The zero-order valence-corrected chi connectivity index (χ0v) is 23.3. The third-order valence-corrected chi connectivity index (χ3v) is 8.76. The molecule has 0 amide bonds. The Kier molecular flexibility index (Phi) is 10.4. The molecule has 1 saturated carbocycles. The molecule has 0 radical (unpaired) electrons. The molecule has 0 bridgehead atoms. The van der Waals surface area contributed by atoms with Crippen molar-refractivity contribution in [3.63, 3.8) is 0 Å². The molecular weight excluding hydrogens is 538 g/mol. The van der Waals surface area contributed by atoms with Gasteiger partial charge in [-0.25, -0.2) is 13.2 Å². The topological polar surface area (TPSA) is 102 Å². The molecule has 0 saturated heterocycles. The first-order valence-electron chi connectivity index (χ1n) is 13.2. The summed E-state index contributed by atoms with van der Waals surface area (Å²) in [5, 5.41) is 14.1. The second-order valence-corrected chi connectivity index (χ2v) is 12.1. The fraction of sp³-hybridized carbons (Fsp3) is 0.367. The first-order valence-corrected chi connectivity index (χ1v) is 15.1. The van der Waals surface area contributed by atoms with Crippen LogP contribution in [-0.2, 0) is 25.8 Å². The normalized spacial score (nSPS) is 15.0. The van der Waals surface area contributed by atoms with Gasteiger partial charge in [-0.05, 0) is 98.3 Å². The highest BCUT2D eigenvalue weighted by Gasteiger charge is 2.19. The highest BCUT2D eigenvalue weighted by molar-refractivity contribution is 7.91. The first kappa shape index (κ1) is 29.1. The number of benzene rings is 3. The van der Waals surface area contributed by atoms with E-state index < -0.39 is 21.9 Å². The minimum absolute atomic E-state index is 0.0300. The number of rotatable bonds is 12. The van der Waals surface area contributed by atoms with Crippen molar-refractivity contribution in [2.75, 3.05) is 19.7 Å². The minimum Gasteiger partial charge on any atom is -0.482 e. The van der Waals surface area contributed by atoms with Gasteiger partial charge in [0.1, 0.15) is 11.9 Å². The average Bonchev–Trinajstić information content (AvgIpc) is 2.95. The summed E-state index contributed by atoms with van der Waals surface area (Å²) in [6.45, 7) is 0.798. The van der Waals surface area contributed by atoms with Gasteiger partial charge < -0.3 is 19.9 Å². The summed E-state index contributed by atoms with van der Waals surface area (Å²) in [6, 6.07) is 19.9. The van der Waals surface area contributed by atoms with Crippen LogP contribution in [-0.4, -0.2) is 45.3 Å². The molecule has 3 aromatic rings. The molecule has 208 valence electrons. The molecule has 1 atom stereocenters. The number of hydrogen-bond acceptors (Lipinski definition) is 7. The van der Waals surface area contributed by atoms with E-state index in [0.29, 0.717) is 30.3 Å². The van der Waals surface area contributed by atoms with Crippen molar-refractivity contribution in [2.24, 2.45) is 0 Å². The van der Waals surface area contributed by atoms with Crippen LogP contribution in [0, 0.1) is 0 Å². The van der Waals surface area contributed by atoms with E-state index in [2.05, 4.69) is 5.32 Å². The summed E-state index contributed by atoms with van der Waals surface area (Å²) in [6.07, 6.45) is 5.10. The zero-order valence-electron chi connectivity index (χ0n) is 21.7. The maximum absolute atomic E-state index is 13.1. The number of hydrogen-bond donors (Lipinski definition) is 2. The quantitative estimate of drug-likeness (QED) is 0.225. The van der Waals surface area contributed by atoms with Crippen LogP contribution < -0.4 is 10.1 Å². The molecule has 1 fully saturated rings. The Bertz CT molecular complexity index is 1320. The molecule has 0 aromatic heterocycles. The SMILES string of the molecule is O=C(COc1ccc(S(=O)(=O)c2ccc(CCNCC(O)c3cccc(Cl)c3)cc2)cc1)OC1CCCCC1. The highest BCUT2D eigenvalue weighted by Crippen LogP contribution is 2.24. The lowest BCUT2D eigenvalue weighted by atomic mass is 9.98. The fourth-order valence-corrected chi connectivity index (χ4v) is 5.99. The van der Waals surface area contributed by atoms with Gasteiger partial charge in [0.05, 0.1) is 15.9 Å².